The van der Waals surface area contributed by atoms with Crippen molar-refractivity contribution in [2.45, 2.75) is 184 Å². The normalized spacial score (nSPS) is 55.4. The Morgan fingerprint density at radius 3 is 0.409 bits per heavy atom. The summed E-state index contributed by atoms with van der Waals surface area (Å²) >= 11 is 0. The van der Waals surface area contributed by atoms with Crippen LogP contribution in [0.25, 0.3) is 0 Å². The van der Waals surface area contributed by atoms with E-state index in [0.717, 1.165) is 0 Å². The van der Waals surface area contributed by atoms with E-state index in [1.807, 2.05) is 0 Å². The molecular formula is C36H60O30. The highest BCUT2D eigenvalue weighted by molar-refractivity contribution is 5.01. The zero-order valence-corrected chi connectivity index (χ0v) is 34.5. The standard InChI is InChI=1S/C36H60O30/c37-1-7-25-13(43)19(49)31(55-7)62-26-8(2-38)57-33(21(51)15(26)45)64-28-10(4-40)59-35(23(53)17(28)47)66-30-12(6-42)60-36(24(54)18(30)48)65-29-11(5-41)58-34(22(52)16(29)46)63-27-9(3-39)56-32(61-25)20(50)14(27)44/h7-54H,1-6H2/t7-,8-,9-,10-,11-,12-,13-,14-,15-,16-,17-,18-,19?,20?,21?,22?,23?,24?,25-,26-,27-,28-,29-,30?,31?,32?,33?,34?,35-,36?/m1/s1. The molecule has 0 aromatic rings. The van der Waals surface area contributed by atoms with E-state index < -0.39 is 224 Å². The quantitative estimate of drug-likeness (QED) is 0.117. The zero-order valence-electron chi connectivity index (χ0n) is 34.5. The molecular weight excluding hydrogens is 912 g/mol. The van der Waals surface area contributed by atoms with E-state index in [4.69, 9.17) is 56.8 Å². The monoisotopic (exact) mass is 972 g/mol. The molecule has 12 unspecified atom stereocenters. The van der Waals surface area contributed by atoms with Gasteiger partial charge in [0.25, 0.3) is 0 Å². The molecule has 22 saturated heterocycles. The zero-order chi connectivity index (χ0) is 48.0. The molecule has 30 heteroatoms. The average Bonchev–Trinajstić information content (AvgIpc) is 3.31. The Balaban J connectivity index is 1.19. The van der Waals surface area contributed by atoms with Gasteiger partial charge < -0.3 is 149 Å². The van der Waals surface area contributed by atoms with Gasteiger partial charge in [-0.15, -0.1) is 0 Å². The first kappa shape index (κ1) is 52.6. The van der Waals surface area contributed by atoms with Crippen LogP contribution in [0.3, 0.4) is 0 Å². The summed E-state index contributed by atoms with van der Waals surface area (Å²) in [5.41, 5.74) is 0. The van der Waals surface area contributed by atoms with Gasteiger partial charge in [-0.05, 0) is 0 Å². The highest BCUT2D eigenvalue weighted by Crippen LogP contribution is 2.38. The second kappa shape index (κ2) is 22.1. The molecule has 0 spiro atoms. The van der Waals surface area contributed by atoms with E-state index in [2.05, 4.69) is 0 Å². The van der Waals surface area contributed by atoms with Crippen LogP contribution in [0.15, 0.2) is 0 Å². The van der Waals surface area contributed by atoms with Gasteiger partial charge in [0, 0.05) is 0 Å². The Morgan fingerprint density at radius 2 is 0.303 bits per heavy atom. The molecule has 22 fully saturated rings. The summed E-state index contributed by atoms with van der Waals surface area (Å²) in [5.74, 6) is 0. The predicted molar refractivity (Wildman–Crippen MR) is 196 cm³/mol. The lowest BCUT2D eigenvalue weighted by molar-refractivity contribution is -0.404. The van der Waals surface area contributed by atoms with Crippen LogP contribution in [0.4, 0.5) is 0 Å². The maximum absolute atomic E-state index is 11.2. The van der Waals surface area contributed by atoms with Gasteiger partial charge in [-0.3, -0.25) is 0 Å². The SMILES string of the molecule is OC[C@H]1OC2O[C@H]3[C@H](O)C(O)C(O[C@H]4[C@H](O)C(O)C(O[C@H]5[C@H](O)C(O)C(O[C@H]6[C@H](O)C(O)C(O[C@H]7[C@H](O)C(O)[C@@H](OC1[C@H](O)C2O)O[C@@H]7CO)O[C@@H]6CO)O[C@@H]5CO)O[C@@H]4CO)O[C@@H]3CO. The van der Waals surface area contributed by atoms with Crippen LogP contribution in [0, 0.1) is 0 Å². The Bertz CT molecular complexity index is 1230. The smallest absolute Gasteiger partial charge is 0.187 e. The van der Waals surface area contributed by atoms with E-state index >= 15 is 0 Å². The number of aliphatic hydroxyl groups is 18. The fraction of sp³-hybridized carbons (Fsp3) is 1.00. The van der Waals surface area contributed by atoms with Gasteiger partial charge in [-0.25, -0.2) is 0 Å². The van der Waals surface area contributed by atoms with Gasteiger partial charge in [0.1, 0.15) is 146 Å². The van der Waals surface area contributed by atoms with Crippen LogP contribution >= 0.6 is 0 Å². The molecule has 22 aliphatic heterocycles. The molecule has 384 valence electrons. The predicted octanol–water partition coefficient (Wildman–Crippen LogP) is -13.1. The molecule has 0 aliphatic carbocycles. The molecule has 0 saturated carbocycles. The van der Waals surface area contributed by atoms with E-state index in [1.165, 1.54) is 0 Å². The highest BCUT2D eigenvalue weighted by Gasteiger charge is 2.58. The summed E-state index contributed by atoms with van der Waals surface area (Å²) in [6.07, 6.45) is -58.5. The van der Waals surface area contributed by atoms with Gasteiger partial charge in [0.2, 0.25) is 0 Å². The summed E-state index contributed by atoms with van der Waals surface area (Å²) in [4.78, 5) is 0. The molecule has 0 aromatic carbocycles. The van der Waals surface area contributed by atoms with Crippen molar-refractivity contribution in [1.82, 2.24) is 0 Å². The van der Waals surface area contributed by atoms with Crippen LogP contribution < -0.4 is 0 Å². The van der Waals surface area contributed by atoms with Crippen molar-refractivity contribution in [2.24, 2.45) is 0 Å². The first-order valence-electron chi connectivity index (χ1n) is 21.1. The maximum Gasteiger partial charge on any atom is 0.187 e. The van der Waals surface area contributed by atoms with Crippen molar-refractivity contribution in [3.8, 4) is 0 Å². The number of rotatable bonds is 6. The minimum absolute atomic E-state index is 0.999. The number of aliphatic hydroxyl groups excluding tert-OH is 18. The first-order valence-corrected chi connectivity index (χ1v) is 21.1. The van der Waals surface area contributed by atoms with Crippen LogP contribution in [0.2, 0.25) is 0 Å². The third-order valence-corrected chi connectivity index (χ3v) is 12.7. The number of hydrogen-bond acceptors (Lipinski definition) is 30. The first-order chi connectivity index (χ1) is 31.4. The summed E-state index contributed by atoms with van der Waals surface area (Å²) in [7, 11) is 0. The Morgan fingerprint density at radius 1 is 0.182 bits per heavy atom. The van der Waals surface area contributed by atoms with Crippen molar-refractivity contribution in [3.05, 3.63) is 0 Å². The highest BCUT2D eigenvalue weighted by atomic mass is 16.8. The molecule has 66 heavy (non-hydrogen) atoms. The Hall–Kier alpha value is -1.20. The molecule has 22 aliphatic rings. The maximum atomic E-state index is 11.2. The number of ether oxygens (including phenoxy) is 12. The van der Waals surface area contributed by atoms with Crippen LogP contribution in [-0.4, -0.2) is 316 Å². The van der Waals surface area contributed by atoms with Crippen molar-refractivity contribution >= 4 is 0 Å². The molecule has 0 aromatic heterocycles. The minimum Gasteiger partial charge on any atom is -0.394 e. The second-order valence-electron chi connectivity index (χ2n) is 16.8. The molecule has 30 nitrogen and oxygen atoms in total. The lowest BCUT2D eigenvalue weighted by Crippen LogP contribution is -2.69. The van der Waals surface area contributed by atoms with Crippen molar-refractivity contribution < 1.29 is 149 Å². The third-order valence-electron chi connectivity index (χ3n) is 12.7. The minimum atomic E-state index is -2.15. The molecule has 30 atom stereocenters. The molecule has 12 bridgehead atoms. The molecule has 0 radical (unpaired) electrons. The van der Waals surface area contributed by atoms with E-state index in [9.17, 15) is 91.9 Å². The fourth-order valence-corrected chi connectivity index (χ4v) is 8.93. The van der Waals surface area contributed by atoms with Crippen molar-refractivity contribution in [2.75, 3.05) is 39.6 Å². The fourth-order valence-electron chi connectivity index (χ4n) is 8.93. The van der Waals surface area contributed by atoms with Crippen LogP contribution in [0.5, 0.6) is 0 Å². The summed E-state index contributed by atoms with van der Waals surface area (Å²) < 4.78 is 67.9. The molecule has 0 amide bonds. The Labute approximate surface area is 372 Å². The van der Waals surface area contributed by atoms with Crippen LogP contribution in [0.1, 0.15) is 0 Å². The van der Waals surface area contributed by atoms with Crippen molar-refractivity contribution in [3.63, 3.8) is 0 Å². The van der Waals surface area contributed by atoms with E-state index in [1.54, 1.807) is 0 Å². The summed E-state index contributed by atoms with van der Waals surface area (Å²) in [6, 6.07) is 0. The topological polar surface area (TPSA) is 475 Å². The van der Waals surface area contributed by atoms with Crippen LogP contribution in [-0.2, 0) is 56.8 Å². The summed E-state index contributed by atoms with van der Waals surface area (Å²) in [6.45, 7) is -5.99. The number of hydrogen-bond donors (Lipinski definition) is 18. The van der Waals surface area contributed by atoms with E-state index in [0.29, 0.717) is 0 Å². The lowest BCUT2D eigenvalue weighted by Gasteiger charge is -2.50. The Kier molecular flexibility index (Phi) is 17.6. The van der Waals surface area contributed by atoms with Gasteiger partial charge in [-0.2, -0.15) is 0 Å². The molecule has 22 rings (SSSR count). The second-order valence-corrected chi connectivity index (χ2v) is 16.8. The molecule has 18 N–H and O–H groups in total. The van der Waals surface area contributed by atoms with Gasteiger partial charge >= 0.3 is 0 Å². The van der Waals surface area contributed by atoms with Gasteiger partial charge in [0.15, 0.2) is 37.7 Å². The van der Waals surface area contributed by atoms with E-state index in [-0.39, 0.29) is 0 Å². The van der Waals surface area contributed by atoms with Crippen molar-refractivity contribution in [1.29, 1.82) is 0 Å². The molecule has 22 heterocycles. The largest absolute Gasteiger partial charge is 0.394 e. The van der Waals surface area contributed by atoms with Gasteiger partial charge in [0.05, 0.1) is 39.6 Å². The lowest BCUT2D eigenvalue weighted by atomic mass is 9.94. The third kappa shape index (κ3) is 10.0. The van der Waals surface area contributed by atoms with Gasteiger partial charge in [-0.1, -0.05) is 0 Å². The average molecular weight is 973 g/mol. The summed E-state index contributed by atoms with van der Waals surface area (Å²) in [5, 5.41) is 196.